The molecule has 0 aliphatic carbocycles. The number of aryl methyl sites for hydroxylation is 1. The average Bonchev–Trinajstić information content (AvgIpc) is 2.83. The Labute approximate surface area is 199 Å². The summed E-state index contributed by atoms with van der Waals surface area (Å²) in [4.78, 5) is 13.1. The summed E-state index contributed by atoms with van der Waals surface area (Å²) < 4.78 is 33.0. The van der Waals surface area contributed by atoms with Gasteiger partial charge in [0.05, 0.1) is 23.7 Å². The van der Waals surface area contributed by atoms with Gasteiger partial charge in [0.2, 0.25) is 0 Å². The van der Waals surface area contributed by atoms with Gasteiger partial charge in [-0.05, 0) is 85.5 Å². The minimum atomic E-state index is -3.72. The molecule has 1 aliphatic heterocycles. The molecular weight excluding hydrogens is 460 g/mol. The zero-order valence-corrected chi connectivity index (χ0v) is 20.0. The van der Waals surface area contributed by atoms with E-state index in [1.165, 1.54) is 16.4 Å². The van der Waals surface area contributed by atoms with Crippen molar-refractivity contribution in [1.82, 2.24) is 5.32 Å². The van der Waals surface area contributed by atoms with Gasteiger partial charge in [-0.2, -0.15) is 0 Å². The maximum atomic E-state index is 13.2. The molecule has 0 bridgehead atoms. The molecule has 3 aromatic carbocycles. The number of sulfonamides is 1. The first-order valence-corrected chi connectivity index (χ1v) is 12.5. The fourth-order valence-corrected chi connectivity index (χ4v) is 5.61. The van der Waals surface area contributed by atoms with Gasteiger partial charge < -0.3 is 10.1 Å². The lowest BCUT2D eigenvalue weighted by Gasteiger charge is -2.31. The van der Waals surface area contributed by atoms with Crippen molar-refractivity contribution >= 4 is 33.2 Å². The second-order valence-corrected chi connectivity index (χ2v) is 10.2. The molecule has 0 unspecified atom stereocenters. The monoisotopic (exact) mass is 484 g/mol. The summed E-state index contributed by atoms with van der Waals surface area (Å²) in [5.74, 6) is 0.545. The minimum Gasteiger partial charge on any atom is -0.497 e. The molecule has 3 aromatic rings. The van der Waals surface area contributed by atoms with Crippen LogP contribution < -0.4 is 14.4 Å². The first-order valence-electron chi connectivity index (χ1n) is 10.7. The summed E-state index contributed by atoms with van der Waals surface area (Å²) in [7, 11) is -2.11. The summed E-state index contributed by atoms with van der Waals surface area (Å²) in [5, 5.41) is 3.48. The topological polar surface area (TPSA) is 75.7 Å². The maximum absolute atomic E-state index is 13.2. The molecule has 1 amide bonds. The SMILES string of the molecule is COc1ccc([C@H](C)NC(=O)c2ccc3c(c2)CCCN3S(=O)(=O)c2ccc(Cl)cc2)cc1. The molecule has 8 heteroatoms. The van der Waals surface area contributed by atoms with Crippen LogP contribution in [0.5, 0.6) is 5.75 Å². The Morgan fingerprint density at radius 2 is 1.76 bits per heavy atom. The first kappa shape index (κ1) is 23.1. The van der Waals surface area contributed by atoms with E-state index < -0.39 is 10.0 Å². The number of ether oxygens (including phenoxy) is 1. The molecular formula is C25H25ClN2O4S. The van der Waals surface area contributed by atoms with Crippen molar-refractivity contribution in [2.45, 2.75) is 30.7 Å². The van der Waals surface area contributed by atoms with Gasteiger partial charge in [0.1, 0.15) is 5.75 Å². The smallest absolute Gasteiger partial charge is 0.264 e. The van der Waals surface area contributed by atoms with Crippen LogP contribution >= 0.6 is 11.6 Å². The highest BCUT2D eigenvalue weighted by atomic mass is 35.5. The fraction of sp³-hybridized carbons (Fsp3) is 0.240. The lowest BCUT2D eigenvalue weighted by Crippen LogP contribution is -2.35. The quantitative estimate of drug-likeness (QED) is 0.535. The second-order valence-electron chi connectivity index (χ2n) is 7.95. The predicted molar refractivity (Wildman–Crippen MR) is 130 cm³/mol. The molecule has 1 N–H and O–H groups in total. The summed E-state index contributed by atoms with van der Waals surface area (Å²) in [6.45, 7) is 2.30. The third-order valence-electron chi connectivity index (χ3n) is 5.78. The van der Waals surface area contributed by atoms with Crippen molar-refractivity contribution < 1.29 is 17.9 Å². The number of hydrogen-bond donors (Lipinski definition) is 1. The highest BCUT2D eigenvalue weighted by Gasteiger charge is 2.29. The van der Waals surface area contributed by atoms with E-state index in [1.807, 2.05) is 31.2 Å². The highest BCUT2D eigenvalue weighted by Crippen LogP contribution is 2.33. The van der Waals surface area contributed by atoms with Crippen LogP contribution in [-0.2, 0) is 16.4 Å². The van der Waals surface area contributed by atoms with Crippen LogP contribution in [0.1, 0.15) is 40.9 Å². The number of methoxy groups -OCH3 is 1. The number of carbonyl (C=O) groups is 1. The Morgan fingerprint density at radius 3 is 2.42 bits per heavy atom. The van der Waals surface area contributed by atoms with E-state index in [9.17, 15) is 13.2 Å². The van der Waals surface area contributed by atoms with Crippen molar-refractivity contribution in [3.8, 4) is 5.75 Å². The number of fused-ring (bicyclic) bond motifs is 1. The molecule has 0 saturated carbocycles. The van der Waals surface area contributed by atoms with Crippen LogP contribution in [0.4, 0.5) is 5.69 Å². The van der Waals surface area contributed by atoms with E-state index in [1.54, 1.807) is 37.4 Å². The number of anilines is 1. The van der Waals surface area contributed by atoms with Gasteiger partial charge in [0.15, 0.2) is 0 Å². The molecule has 1 aliphatic rings. The lowest BCUT2D eigenvalue weighted by atomic mass is 10.00. The Balaban J connectivity index is 1.55. The number of nitrogens with zero attached hydrogens (tertiary/aromatic N) is 1. The maximum Gasteiger partial charge on any atom is 0.264 e. The molecule has 0 aromatic heterocycles. The van der Waals surface area contributed by atoms with Crippen molar-refractivity contribution in [3.63, 3.8) is 0 Å². The van der Waals surface area contributed by atoms with Gasteiger partial charge in [0, 0.05) is 17.1 Å². The van der Waals surface area contributed by atoms with Crippen LogP contribution in [0.3, 0.4) is 0 Å². The zero-order chi connectivity index (χ0) is 23.6. The lowest BCUT2D eigenvalue weighted by molar-refractivity contribution is 0.0940. The first-order chi connectivity index (χ1) is 15.8. The molecule has 0 spiro atoms. The van der Waals surface area contributed by atoms with Crippen LogP contribution in [0, 0.1) is 0 Å². The van der Waals surface area contributed by atoms with Gasteiger partial charge in [-0.15, -0.1) is 0 Å². The highest BCUT2D eigenvalue weighted by molar-refractivity contribution is 7.92. The second kappa shape index (κ2) is 9.45. The van der Waals surface area contributed by atoms with Gasteiger partial charge >= 0.3 is 0 Å². The number of rotatable bonds is 6. The largest absolute Gasteiger partial charge is 0.497 e. The normalized spacial score (nSPS) is 14.3. The third kappa shape index (κ3) is 4.84. The van der Waals surface area contributed by atoms with Gasteiger partial charge in [0.25, 0.3) is 15.9 Å². The number of benzene rings is 3. The fourth-order valence-electron chi connectivity index (χ4n) is 3.94. The summed E-state index contributed by atoms with van der Waals surface area (Å²) >= 11 is 5.91. The Bertz CT molecular complexity index is 1260. The average molecular weight is 485 g/mol. The zero-order valence-electron chi connectivity index (χ0n) is 18.4. The van der Waals surface area contributed by atoms with Crippen molar-refractivity contribution in [2.24, 2.45) is 0 Å². The Morgan fingerprint density at radius 1 is 1.06 bits per heavy atom. The van der Waals surface area contributed by atoms with Crippen molar-refractivity contribution in [2.75, 3.05) is 18.0 Å². The van der Waals surface area contributed by atoms with E-state index in [0.717, 1.165) is 16.9 Å². The minimum absolute atomic E-state index is 0.190. The van der Waals surface area contributed by atoms with Crippen molar-refractivity contribution in [1.29, 1.82) is 0 Å². The summed E-state index contributed by atoms with van der Waals surface area (Å²) in [6, 6.07) is 18.7. The molecule has 0 saturated heterocycles. The molecule has 1 heterocycles. The van der Waals surface area contributed by atoms with Gasteiger partial charge in [-0.25, -0.2) is 8.42 Å². The number of carbonyl (C=O) groups excluding carboxylic acids is 1. The number of nitrogens with one attached hydrogen (secondary N) is 1. The standard InChI is InChI=1S/C25H25ClN2O4S/c1-17(18-5-10-22(32-2)11-6-18)27-25(29)20-7-14-24-19(16-20)4-3-15-28(24)33(30,31)23-12-8-21(26)9-13-23/h5-14,16-17H,3-4,15H2,1-2H3,(H,27,29)/t17-/m0/s1. The van der Waals surface area contributed by atoms with E-state index in [4.69, 9.17) is 16.3 Å². The summed E-state index contributed by atoms with van der Waals surface area (Å²) in [6.07, 6.45) is 1.38. The van der Waals surface area contributed by atoms with Crippen molar-refractivity contribution in [3.05, 3.63) is 88.4 Å². The van der Waals surface area contributed by atoms with E-state index in [2.05, 4.69) is 5.32 Å². The van der Waals surface area contributed by atoms with E-state index in [0.29, 0.717) is 35.7 Å². The molecule has 4 rings (SSSR count). The number of halogens is 1. The van der Waals surface area contributed by atoms with Gasteiger partial charge in [-0.1, -0.05) is 23.7 Å². The predicted octanol–water partition coefficient (Wildman–Crippen LogP) is 4.98. The molecule has 0 fully saturated rings. The van der Waals surface area contributed by atoms with E-state index >= 15 is 0 Å². The van der Waals surface area contributed by atoms with Crippen LogP contribution in [0.2, 0.25) is 5.02 Å². The Hall–Kier alpha value is -3.03. The molecule has 33 heavy (non-hydrogen) atoms. The molecule has 0 radical (unpaired) electrons. The van der Waals surface area contributed by atoms with E-state index in [-0.39, 0.29) is 16.8 Å². The summed E-state index contributed by atoms with van der Waals surface area (Å²) in [5.41, 5.74) is 2.90. The molecule has 172 valence electrons. The van der Waals surface area contributed by atoms with Crippen LogP contribution in [-0.4, -0.2) is 28.0 Å². The Kier molecular flexibility index (Phi) is 6.63. The van der Waals surface area contributed by atoms with Crippen LogP contribution in [0.15, 0.2) is 71.6 Å². The molecule has 6 nitrogen and oxygen atoms in total. The number of hydrogen-bond acceptors (Lipinski definition) is 4. The molecule has 1 atom stereocenters. The van der Waals surface area contributed by atoms with Gasteiger partial charge in [-0.3, -0.25) is 9.10 Å². The number of amides is 1. The third-order valence-corrected chi connectivity index (χ3v) is 7.86. The van der Waals surface area contributed by atoms with Crippen LogP contribution in [0.25, 0.3) is 0 Å².